The van der Waals surface area contributed by atoms with Gasteiger partial charge in [-0.15, -0.1) is 0 Å². The molecule has 0 saturated carbocycles. The highest BCUT2D eigenvalue weighted by Crippen LogP contribution is 2.31. The molecule has 0 heterocycles. The Morgan fingerprint density at radius 1 is 1.00 bits per heavy atom. The largest absolute Gasteiger partial charge is 0.493 e. The molecule has 1 atom stereocenters. The van der Waals surface area contributed by atoms with E-state index in [1.165, 1.54) is 12.1 Å². The van der Waals surface area contributed by atoms with Crippen molar-refractivity contribution in [3.63, 3.8) is 0 Å². The SMILES string of the molecule is OC(CCOc1ccccc1)c1cccc(C(F)(F)F)c1. The molecule has 2 rings (SSSR count). The summed E-state index contributed by atoms with van der Waals surface area (Å²) in [5, 5.41) is 9.94. The highest BCUT2D eigenvalue weighted by molar-refractivity contribution is 5.27. The Hall–Kier alpha value is -2.01. The Labute approximate surface area is 120 Å². The molecular formula is C16H15F3O2. The summed E-state index contributed by atoms with van der Waals surface area (Å²) in [6.45, 7) is 0.224. The van der Waals surface area contributed by atoms with E-state index in [1.807, 2.05) is 18.2 Å². The van der Waals surface area contributed by atoms with E-state index in [4.69, 9.17) is 4.74 Å². The Balaban J connectivity index is 1.93. The zero-order chi connectivity index (χ0) is 15.3. The second-order valence-corrected chi connectivity index (χ2v) is 4.59. The van der Waals surface area contributed by atoms with Crippen molar-refractivity contribution >= 4 is 0 Å². The van der Waals surface area contributed by atoms with Crippen LogP contribution in [-0.2, 0) is 6.18 Å². The van der Waals surface area contributed by atoms with Crippen molar-refractivity contribution in [3.8, 4) is 5.75 Å². The summed E-state index contributed by atoms with van der Waals surface area (Å²) in [5.41, 5.74) is -0.524. The lowest BCUT2D eigenvalue weighted by molar-refractivity contribution is -0.137. The fraction of sp³-hybridized carbons (Fsp3) is 0.250. The number of hydrogen-bond donors (Lipinski definition) is 1. The van der Waals surface area contributed by atoms with Gasteiger partial charge in [0.05, 0.1) is 18.3 Å². The van der Waals surface area contributed by atoms with Crippen LogP contribution in [0.2, 0.25) is 0 Å². The van der Waals surface area contributed by atoms with Crippen LogP contribution in [0.1, 0.15) is 23.7 Å². The molecule has 1 N–H and O–H groups in total. The Kier molecular flexibility index (Phi) is 4.85. The molecule has 21 heavy (non-hydrogen) atoms. The second kappa shape index (κ2) is 6.63. The van der Waals surface area contributed by atoms with Gasteiger partial charge < -0.3 is 9.84 Å². The molecule has 0 spiro atoms. The third-order valence-electron chi connectivity index (χ3n) is 3.00. The molecule has 112 valence electrons. The van der Waals surface area contributed by atoms with E-state index in [0.717, 1.165) is 12.1 Å². The first-order valence-electron chi connectivity index (χ1n) is 6.50. The molecule has 1 unspecified atom stereocenters. The van der Waals surface area contributed by atoms with Crippen LogP contribution in [-0.4, -0.2) is 11.7 Å². The lowest BCUT2D eigenvalue weighted by Gasteiger charge is -2.14. The van der Waals surface area contributed by atoms with Crippen molar-refractivity contribution in [1.29, 1.82) is 0 Å². The Morgan fingerprint density at radius 2 is 1.71 bits per heavy atom. The average molecular weight is 296 g/mol. The molecule has 0 saturated heterocycles. The van der Waals surface area contributed by atoms with E-state index in [2.05, 4.69) is 0 Å². The van der Waals surface area contributed by atoms with Crippen LogP contribution >= 0.6 is 0 Å². The van der Waals surface area contributed by atoms with Crippen LogP contribution in [0.5, 0.6) is 5.75 Å². The molecule has 0 fully saturated rings. The zero-order valence-corrected chi connectivity index (χ0v) is 11.2. The molecule has 5 heteroatoms. The van der Waals surface area contributed by atoms with Gasteiger partial charge in [0.2, 0.25) is 0 Å². The van der Waals surface area contributed by atoms with Crippen LogP contribution in [0.25, 0.3) is 0 Å². The van der Waals surface area contributed by atoms with Crippen LogP contribution < -0.4 is 4.74 Å². The monoisotopic (exact) mass is 296 g/mol. The van der Waals surface area contributed by atoms with Gasteiger partial charge in [-0.05, 0) is 29.8 Å². The number of aliphatic hydroxyl groups excluding tert-OH is 1. The highest BCUT2D eigenvalue weighted by atomic mass is 19.4. The van der Waals surface area contributed by atoms with Crippen molar-refractivity contribution in [2.75, 3.05) is 6.61 Å². The van der Waals surface area contributed by atoms with Crippen LogP contribution in [0, 0.1) is 0 Å². The van der Waals surface area contributed by atoms with Gasteiger partial charge in [0.25, 0.3) is 0 Å². The first kappa shape index (κ1) is 15.4. The first-order valence-corrected chi connectivity index (χ1v) is 6.50. The molecule has 2 aromatic rings. The van der Waals surface area contributed by atoms with Crippen molar-refractivity contribution in [1.82, 2.24) is 0 Å². The summed E-state index contributed by atoms with van der Waals surface area (Å²) >= 11 is 0. The first-order chi connectivity index (χ1) is 9.97. The molecule has 0 aliphatic rings. The third-order valence-corrected chi connectivity index (χ3v) is 3.00. The highest BCUT2D eigenvalue weighted by Gasteiger charge is 2.30. The summed E-state index contributed by atoms with van der Waals surface area (Å²) < 4.78 is 43.2. The van der Waals surface area contributed by atoms with E-state index in [0.29, 0.717) is 5.75 Å². The van der Waals surface area contributed by atoms with Gasteiger partial charge in [-0.2, -0.15) is 13.2 Å². The predicted molar refractivity (Wildman–Crippen MR) is 73.0 cm³/mol. The number of benzene rings is 2. The fourth-order valence-corrected chi connectivity index (χ4v) is 1.89. The Morgan fingerprint density at radius 3 is 2.38 bits per heavy atom. The second-order valence-electron chi connectivity index (χ2n) is 4.59. The van der Waals surface area contributed by atoms with Gasteiger partial charge in [-0.3, -0.25) is 0 Å². The number of aliphatic hydroxyl groups is 1. The molecule has 2 nitrogen and oxygen atoms in total. The standard InChI is InChI=1S/C16H15F3O2/c17-16(18,19)13-6-4-5-12(11-13)15(20)9-10-21-14-7-2-1-3-8-14/h1-8,11,15,20H,9-10H2. The number of halogens is 3. The van der Waals surface area contributed by atoms with Gasteiger partial charge in [0.1, 0.15) is 5.75 Å². The van der Waals surface area contributed by atoms with Crippen LogP contribution in [0.4, 0.5) is 13.2 Å². The molecule has 0 amide bonds. The van der Waals surface area contributed by atoms with Gasteiger partial charge in [0.15, 0.2) is 0 Å². The summed E-state index contributed by atoms with van der Waals surface area (Å²) in [4.78, 5) is 0. The quantitative estimate of drug-likeness (QED) is 0.895. The van der Waals surface area contributed by atoms with E-state index in [9.17, 15) is 18.3 Å². The third kappa shape index (κ3) is 4.49. The van der Waals surface area contributed by atoms with Crippen LogP contribution in [0.3, 0.4) is 0 Å². The molecule has 0 radical (unpaired) electrons. The maximum atomic E-state index is 12.6. The van der Waals surface area contributed by atoms with Crippen molar-refractivity contribution < 1.29 is 23.0 Å². The van der Waals surface area contributed by atoms with Gasteiger partial charge in [-0.1, -0.05) is 30.3 Å². The number of hydrogen-bond acceptors (Lipinski definition) is 2. The summed E-state index contributed by atoms with van der Waals surface area (Å²) in [7, 11) is 0. The maximum absolute atomic E-state index is 12.6. The van der Waals surface area contributed by atoms with E-state index in [-0.39, 0.29) is 18.6 Å². The van der Waals surface area contributed by atoms with Crippen molar-refractivity contribution in [2.24, 2.45) is 0 Å². The molecule has 0 aromatic heterocycles. The summed E-state index contributed by atoms with van der Waals surface area (Å²) in [6.07, 6.45) is -5.18. The summed E-state index contributed by atoms with van der Waals surface area (Å²) in [5.74, 6) is 0.661. The minimum Gasteiger partial charge on any atom is -0.493 e. The lowest BCUT2D eigenvalue weighted by Crippen LogP contribution is -2.09. The average Bonchev–Trinajstić information content (AvgIpc) is 2.47. The van der Waals surface area contributed by atoms with Gasteiger partial charge >= 0.3 is 6.18 Å². The minimum atomic E-state index is -4.41. The number of para-hydroxylation sites is 1. The Bertz CT molecular complexity index is 567. The molecule has 0 aliphatic heterocycles. The van der Waals surface area contributed by atoms with E-state index >= 15 is 0 Å². The number of alkyl halides is 3. The molecule has 0 bridgehead atoms. The van der Waals surface area contributed by atoms with E-state index < -0.39 is 17.8 Å². The van der Waals surface area contributed by atoms with Crippen LogP contribution in [0.15, 0.2) is 54.6 Å². The maximum Gasteiger partial charge on any atom is 0.416 e. The minimum absolute atomic E-state index is 0.218. The fourth-order valence-electron chi connectivity index (χ4n) is 1.89. The van der Waals surface area contributed by atoms with Crippen molar-refractivity contribution in [2.45, 2.75) is 18.7 Å². The normalized spacial score (nSPS) is 13.0. The zero-order valence-electron chi connectivity index (χ0n) is 11.2. The molecule has 0 aliphatic carbocycles. The summed E-state index contributed by atoms with van der Waals surface area (Å²) in [6, 6.07) is 13.8. The topological polar surface area (TPSA) is 29.5 Å². The van der Waals surface area contributed by atoms with Gasteiger partial charge in [-0.25, -0.2) is 0 Å². The predicted octanol–water partition coefficient (Wildman–Crippen LogP) is 4.21. The van der Waals surface area contributed by atoms with E-state index in [1.54, 1.807) is 12.1 Å². The van der Waals surface area contributed by atoms with Gasteiger partial charge in [0, 0.05) is 6.42 Å². The van der Waals surface area contributed by atoms with Crippen molar-refractivity contribution in [3.05, 3.63) is 65.7 Å². The lowest BCUT2D eigenvalue weighted by atomic mass is 10.0. The molecule has 2 aromatic carbocycles. The smallest absolute Gasteiger partial charge is 0.416 e. The molecular weight excluding hydrogens is 281 g/mol. The number of ether oxygens (including phenoxy) is 1. The number of rotatable bonds is 5.